The lowest BCUT2D eigenvalue weighted by Gasteiger charge is -2.11. The van der Waals surface area contributed by atoms with Gasteiger partial charge in [-0.3, -0.25) is 0 Å². The smallest absolute Gasteiger partial charge is 0.191 e. The maximum absolute atomic E-state index is 5.36. The predicted octanol–water partition coefficient (Wildman–Crippen LogP) is 2.89. The van der Waals surface area contributed by atoms with Gasteiger partial charge in [0.2, 0.25) is 0 Å². The summed E-state index contributed by atoms with van der Waals surface area (Å²) in [6, 6.07) is 10.0. The van der Waals surface area contributed by atoms with Gasteiger partial charge in [0.1, 0.15) is 11.5 Å². The summed E-state index contributed by atoms with van der Waals surface area (Å²) >= 11 is 0. The van der Waals surface area contributed by atoms with E-state index in [2.05, 4.69) is 34.7 Å². The molecular formula is C18H25N3O2. The number of methoxy groups -OCH3 is 1. The van der Waals surface area contributed by atoms with Crippen LogP contribution in [0.1, 0.15) is 23.8 Å². The summed E-state index contributed by atoms with van der Waals surface area (Å²) in [5, 5.41) is 6.57. The van der Waals surface area contributed by atoms with Crippen molar-refractivity contribution in [1.29, 1.82) is 0 Å². The van der Waals surface area contributed by atoms with Crippen molar-refractivity contribution in [2.24, 2.45) is 4.99 Å². The molecule has 0 aliphatic carbocycles. The fourth-order valence-corrected chi connectivity index (χ4v) is 2.23. The zero-order valence-corrected chi connectivity index (χ0v) is 14.1. The van der Waals surface area contributed by atoms with Crippen molar-refractivity contribution in [1.82, 2.24) is 10.6 Å². The maximum atomic E-state index is 5.36. The first kappa shape index (κ1) is 16.9. The Bertz CT molecular complexity index is 621. The molecule has 2 aromatic rings. The third kappa shape index (κ3) is 5.36. The average molecular weight is 315 g/mol. The first-order chi connectivity index (χ1) is 11.2. The van der Waals surface area contributed by atoms with Crippen molar-refractivity contribution in [3.63, 3.8) is 0 Å². The number of rotatable bonds is 7. The molecule has 23 heavy (non-hydrogen) atoms. The highest BCUT2D eigenvalue weighted by molar-refractivity contribution is 5.79. The number of benzene rings is 1. The molecule has 124 valence electrons. The van der Waals surface area contributed by atoms with E-state index in [1.165, 1.54) is 0 Å². The Morgan fingerprint density at radius 3 is 2.83 bits per heavy atom. The van der Waals surface area contributed by atoms with Gasteiger partial charge in [-0.1, -0.05) is 12.1 Å². The highest BCUT2D eigenvalue weighted by Crippen LogP contribution is 2.19. The number of nitrogens with zero attached hydrogens (tertiary/aromatic N) is 1. The number of furan rings is 1. The van der Waals surface area contributed by atoms with E-state index in [1.54, 1.807) is 13.4 Å². The summed E-state index contributed by atoms with van der Waals surface area (Å²) < 4.78 is 10.7. The van der Waals surface area contributed by atoms with Gasteiger partial charge in [-0.2, -0.15) is 0 Å². The minimum absolute atomic E-state index is 0.604. The lowest BCUT2D eigenvalue weighted by atomic mass is 10.1. The molecule has 0 radical (unpaired) electrons. The second-order valence-electron chi connectivity index (χ2n) is 5.26. The van der Waals surface area contributed by atoms with Gasteiger partial charge in [0.25, 0.3) is 0 Å². The average Bonchev–Trinajstić information content (AvgIpc) is 3.07. The molecule has 1 heterocycles. The minimum atomic E-state index is 0.604. The van der Waals surface area contributed by atoms with E-state index in [4.69, 9.17) is 9.15 Å². The minimum Gasteiger partial charge on any atom is -0.496 e. The summed E-state index contributed by atoms with van der Waals surface area (Å²) in [7, 11) is 1.69. The van der Waals surface area contributed by atoms with Crippen molar-refractivity contribution >= 4 is 5.96 Å². The molecule has 1 aromatic carbocycles. The van der Waals surface area contributed by atoms with Crippen LogP contribution < -0.4 is 15.4 Å². The summed E-state index contributed by atoms with van der Waals surface area (Å²) in [4.78, 5) is 4.62. The molecule has 0 amide bonds. The Labute approximate surface area is 137 Å². The van der Waals surface area contributed by atoms with Crippen LogP contribution in [0.25, 0.3) is 0 Å². The second kappa shape index (κ2) is 8.88. The number of guanidine groups is 1. The molecule has 0 bridgehead atoms. The Hall–Kier alpha value is -2.43. The number of ether oxygens (including phenoxy) is 1. The molecule has 5 heteroatoms. The third-order valence-corrected chi connectivity index (χ3v) is 3.48. The third-order valence-electron chi connectivity index (χ3n) is 3.48. The molecule has 0 spiro atoms. The van der Waals surface area contributed by atoms with Crippen molar-refractivity contribution in [3.8, 4) is 5.75 Å². The molecule has 0 atom stereocenters. The standard InChI is InChI=1S/C18H25N3O2/c1-4-19-18(20-10-9-16-6-5-11-23-16)21-13-15-8-7-14(2)17(12-15)22-3/h5-8,11-12H,4,9-10,13H2,1-3H3,(H2,19,20,21). The largest absolute Gasteiger partial charge is 0.496 e. The molecule has 1 aromatic heterocycles. The van der Waals surface area contributed by atoms with Crippen LogP contribution in [0.5, 0.6) is 5.75 Å². The van der Waals surface area contributed by atoms with E-state index in [1.807, 2.05) is 25.1 Å². The number of hydrogen-bond acceptors (Lipinski definition) is 3. The van der Waals surface area contributed by atoms with E-state index >= 15 is 0 Å². The monoisotopic (exact) mass is 315 g/mol. The highest BCUT2D eigenvalue weighted by Gasteiger charge is 2.02. The summed E-state index contributed by atoms with van der Waals surface area (Å²) in [6.45, 7) is 6.29. The second-order valence-corrected chi connectivity index (χ2v) is 5.26. The van der Waals surface area contributed by atoms with Gasteiger partial charge in [-0.15, -0.1) is 0 Å². The Balaban J connectivity index is 1.92. The lowest BCUT2D eigenvalue weighted by molar-refractivity contribution is 0.411. The van der Waals surface area contributed by atoms with E-state index < -0.39 is 0 Å². The fourth-order valence-electron chi connectivity index (χ4n) is 2.23. The molecular weight excluding hydrogens is 290 g/mol. The number of nitrogens with one attached hydrogen (secondary N) is 2. The zero-order valence-electron chi connectivity index (χ0n) is 14.1. The molecule has 0 fully saturated rings. The SMILES string of the molecule is CCNC(=NCc1ccc(C)c(OC)c1)NCCc1ccco1. The number of aryl methyl sites for hydroxylation is 1. The van der Waals surface area contributed by atoms with Gasteiger partial charge in [-0.25, -0.2) is 4.99 Å². The van der Waals surface area contributed by atoms with E-state index in [-0.39, 0.29) is 0 Å². The molecule has 0 saturated heterocycles. The van der Waals surface area contributed by atoms with Crippen LogP contribution in [0, 0.1) is 6.92 Å². The Morgan fingerprint density at radius 1 is 1.26 bits per heavy atom. The van der Waals surface area contributed by atoms with Crippen LogP contribution in [0.15, 0.2) is 46.0 Å². The lowest BCUT2D eigenvalue weighted by Crippen LogP contribution is -2.38. The van der Waals surface area contributed by atoms with Gasteiger partial charge in [-0.05, 0) is 43.2 Å². The van der Waals surface area contributed by atoms with Gasteiger partial charge in [0, 0.05) is 19.5 Å². The highest BCUT2D eigenvalue weighted by atomic mass is 16.5. The molecule has 2 rings (SSSR count). The van der Waals surface area contributed by atoms with Crippen LogP contribution in [0.4, 0.5) is 0 Å². The van der Waals surface area contributed by atoms with Crippen LogP contribution in [-0.2, 0) is 13.0 Å². The number of aliphatic imine (C=N–C) groups is 1. The van der Waals surface area contributed by atoms with Gasteiger partial charge in [0.05, 0.1) is 19.9 Å². The van der Waals surface area contributed by atoms with Gasteiger partial charge >= 0.3 is 0 Å². The van der Waals surface area contributed by atoms with Crippen LogP contribution >= 0.6 is 0 Å². The normalized spacial score (nSPS) is 11.3. The summed E-state index contributed by atoms with van der Waals surface area (Å²) in [5.41, 5.74) is 2.25. The quantitative estimate of drug-likeness (QED) is 0.609. The molecule has 2 N–H and O–H groups in total. The molecule has 0 unspecified atom stereocenters. The topological polar surface area (TPSA) is 58.8 Å². The van der Waals surface area contributed by atoms with Gasteiger partial charge in [0.15, 0.2) is 5.96 Å². The summed E-state index contributed by atoms with van der Waals surface area (Å²) in [6.07, 6.45) is 2.52. The molecule has 0 saturated carbocycles. The van der Waals surface area contributed by atoms with Crippen LogP contribution in [-0.4, -0.2) is 26.2 Å². The molecule has 5 nitrogen and oxygen atoms in total. The van der Waals surface area contributed by atoms with E-state index in [9.17, 15) is 0 Å². The van der Waals surface area contributed by atoms with E-state index in [0.29, 0.717) is 6.54 Å². The van der Waals surface area contributed by atoms with Crippen LogP contribution in [0.2, 0.25) is 0 Å². The first-order valence-corrected chi connectivity index (χ1v) is 7.91. The van der Waals surface area contributed by atoms with Crippen molar-refractivity contribution < 1.29 is 9.15 Å². The van der Waals surface area contributed by atoms with Crippen LogP contribution in [0.3, 0.4) is 0 Å². The fraction of sp³-hybridized carbons (Fsp3) is 0.389. The first-order valence-electron chi connectivity index (χ1n) is 7.91. The Kier molecular flexibility index (Phi) is 6.54. The molecule has 0 aliphatic heterocycles. The van der Waals surface area contributed by atoms with Crippen molar-refractivity contribution in [3.05, 3.63) is 53.5 Å². The number of hydrogen-bond donors (Lipinski definition) is 2. The zero-order chi connectivity index (χ0) is 16.5. The Morgan fingerprint density at radius 2 is 2.13 bits per heavy atom. The molecule has 0 aliphatic rings. The predicted molar refractivity (Wildman–Crippen MR) is 93.0 cm³/mol. The summed E-state index contributed by atoms with van der Waals surface area (Å²) in [5.74, 6) is 2.67. The van der Waals surface area contributed by atoms with Crippen molar-refractivity contribution in [2.45, 2.75) is 26.8 Å². The van der Waals surface area contributed by atoms with Gasteiger partial charge < -0.3 is 19.8 Å². The maximum Gasteiger partial charge on any atom is 0.191 e. The van der Waals surface area contributed by atoms with Crippen molar-refractivity contribution in [2.75, 3.05) is 20.2 Å². The van der Waals surface area contributed by atoms with E-state index in [0.717, 1.165) is 48.1 Å².